The molecule has 1 saturated heterocycles. The molecule has 3 aromatic rings. The zero-order chi connectivity index (χ0) is 22.2. The Labute approximate surface area is 181 Å². The van der Waals surface area contributed by atoms with Crippen molar-refractivity contribution >= 4 is 21.6 Å². The highest BCUT2D eigenvalue weighted by Crippen LogP contribution is 2.31. The molecule has 164 valence electrons. The second-order valence-electron chi connectivity index (χ2n) is 7.97. The highest BCUT2D eigenvalue weighted by atomic mass is 32.2. The second-order valence-corrected chi connectivity index (χ2v) is 9.62. The molecule has 2 aromatic heterocycles. The van der Waals surface area contributed by atoms with E-state index in [0.717, 1.165) is 30.4 Å². The van der Waals surface area contributed by atoms with Gasteiger partial charge in [-0.15, -0.1) is 0 Å². The van der Waals surface area contributed by atoms with Crippen molar-refractivity contribution < 1.29 is 17.6 Å². The molecule has 0 atom stereocenters. The summed E-state index contributed by atoms with van der Waals surface area (Å²) in [6.07, 6.45) is 4.54. The van der Waals surface area contributed by atoms with Gasteiger partial charge in [-0.05, 0) is 51.7 Å². The van der Waals surface area contributed by atoms with E-state index in [-0.39, 0.29) is 22.3 Å². The molecule has 0 saturated carbocycles. The molecule has 0 aliphatic carbocycles. The van der Waals surface area contributed by atoms with E-state index < -0.39 is 10.0 Å². The first kappa shape index (κ1) is 21.2. The van der Waals surface area contributed by atoms with Gasteiger partial charge in [0.2, 0.25) is 0 Å². The number of nitrogens with zero attached hydrogens (tertiary/aromatic N) is 2. The molecule has 1 aliphatic rings. The lowest BCUT2D eigenvalue weighted by Gasteiger charge is -2.26. The molecule has 0 unspecified atom stereocenters. The number of amides is 1. The maximum atomic E-state index is 13.0. The van der Waals surface area contributed by atoms with Crippen LogP contribution < -0.4 is 4.72 Å². The molecule has 0 radical (unpaired) electrons. The van der Waals surface area contributed by atoms with Crippen LogP contribution in [0.3, 0.4) is 0 Å². The quantitative estimate of drug-likeness (QED) is 0.620. The van der Waals surface area contributed by atoms with Crippen LogP contribution in [0.2, 0.25) is 0 Å². The van der Waals surface area contributed by atoms with Crippen molar-refractivity contribution in [3.63, 3.8) is 0 Å². The van der Waals surface area contributed by atoms with E-state index in [1.165, 1.54) is 12.3 Å². The lowest BCUT2D eigenvalue weighted by atomic mass is 10.1. The van der Waals surface area contributed by atoms with Crippen molar-refractivity contribution in [2.24, 2.45) is 0 Å². The number of sulfonamides is 1. The topological polar surface area (TPSA) is 108 Å². The Morgan fingerprint density at radius 2 is 1.87 bits per heavy atom. The zero-order valence-corrected chi connectivity index (χ0v) is 18.7. The Hall–Kier alpha value is -3.07. The van der Waals surface area contributed by atoms with Crippen LogP contribution in [0.4, 0.5) is 5.69 Å². The van der Waals surface area contributed by atoms with Crippen LogP contribution in [-0.2, 0) is 10.0 Å². The SMILES string of the molecule is Cc1ccc(NS(=O)(=O)c2cc(-c3[nH]ncc3C(=O)N3CCCCC3)oc2C)c(C)c1. The summed E-state index contributed by atoms with van der Waals surface area (Å²) in [6, 6.07) is 6.93. The maximum absolute atomic E-state index is 13.0. The summed E-state index contributed by atoms with van der Waals surface area (Å²) in [5.74, 6) is 0.366. The molecular formula is C22H26N4O4S. The molecule has 0 spiro atoms. The van der Waals surface area contributed by atoms with Crippen LogP contribution in [0.15, 0.2) is 39.8 Å². The first-order valence-electron chi connectivity index (χ1n) is 10.3. The number of nitrogens with one attached hydrogen (secondary N) is 2. The number of benzene rings is 1. The maximum Gasteiger partial charge on any atom is 0.265 e. The lowest BCUT2D eigenvalue weighted by Crippen LogP contribution is -2.35. The number of hydrogen-bond acceptors (Lipinski definition) is 5. The van der Waals surface area contributed by atoms with Gasteiger partial charge in [0.1, 0.15) is 16.3 Å². The van der Waals surface area contributed by atoms with Gasteiger partial charge >= 0.3 is 0 Å². The van der Waals surface area contributed by atoms with E-state index in [0.29, 0.717) is 30.0 Å². The number of carbonyl (C=O) groups is 1. The Kier molecular flexibility index (Phi) is 5.62. The van der Waals surface area contributed by atoms with Crippen molar-refractivity contribution in [1.82, 2.24) is 15.1 Å². The summed E-state index contributed by atoms with van der Waals surface area (Å²) in [6.45, 7) is 6.80. The van der Waals surface area contributed by atoms with E-state index in [1.54, 1.807) is 17.9 Å². The molecule has 1 aromatic carbocycles. The number of rotatable bonds is 5. The number of anilines is 1. The van der Waals surface area contributed by atoms with Crippen LogP contribution in [0.1, 0.15) is 46.5 Å². The van der Waals surface area contributed by atoms with Gasteiger partial charge in [-0.3, -0.25) is 14.6 Å². The summed E-state index contributed by atoms with van der Waals surface area (Å²) >= 11 is 0. The molecule has 1 aliphatic heterocycles. The highest BCUT2D eigenvalue weighted by Gasteiger charge is 2.27. The van der Waals surface area contributed by atoms with Crippen molar-refractivity contribution in [3.8, 4) is 11.5 Å². The van der Waals surface area contributed by atoms with E-state index in [9.17, 15) is 13.2 Å². The number of carbonyl (C=O) groups excluding carboxylic acids is 1. The zero-order valence-electron chi connectivity index (χ0n) is 17.9. The van der Waals surface area contributed by atoms with Gasteiger partial charge in [-0.25, -0.2) is 8.42 Å². The Morgan fingerprint density at radius 1 is 1.13 bits per heavy atom. The van der Waals surface area contributed by atoms with Gasteiger partial charge in [0.25, 0.3) is 15.9 Å². The van der Waals surface area contributed by atoms with Gasteiger partial charge < -0.3 is 9.32 Å². The molecule has 31 heavy (non-hydrogen) atoms. The average Bonchev–Trinajstić information content (AvgIpc) is 3.37. The van der Waals surface area contributed by atoms with Gasteiger partial charge in [-0.2, -0.15) is 5.10 Å². The molecule has 2 N–H and O–H groups in total. The largest absolute Gasteiger partial charge is 0.458 e. The number of aromatic nitrogens is 2. The van der Waals surface area contributed by atoms with Crippen molar-refractivity contribution in [2.75, 3.05) is 17.8 Å². The summed E-state index contributed by atoms with van der Waals surface area (Å²) in [5, 5.41) is 6.80. The number of likely N-dealkylation sites (tertiary alicyclic amines) is 1. The molecule has 4 rings (SSSR count). The predicted molar refractivity (Wildman–Crippen MR) is 118 cm³/mol. The Balaban J connectivity index is 1.64. The fourth-order valence-corrected chi connectivity index (χ4v) is 5.20. The molecular weight excluding hydrogens is 416 g/mol. The van der Waals surface area contributed by atoms with Crippen LogP contribution in [0.25, 0.3) is 11.5 Å². The molecule has 3 heterocycles. The van der Waals surface area contributed by atoms with Crippen LogP contribution in [0, 0.1) is 20.8 Å². The van der Waals surface area contributed by atoms with E-state index in [1.807, 2.05) is 26.0 Å². The summed E-state index contributed by atoms with van der Waals surface area (Å²) < 4.78 is 34.5. The number of H-pyrrole nitrogens is 1. The van der Waals surface area contributed by atoms with Gasteiger partial charge in [0.15, 0.2) is 5.76 Å². The summed E-state index contributed by atoms with van der Waals surface area (Å²) in [5.41, 5.74) is 3.14. The standard InChI is InChI=1S/C22H26N4O4S/c1-14-7-8-18(15(2)11-14)25-31(28,29)20-12-19(30-16(20)3)21-17(13-23-24-21)22(27)26-9-5-4-6-10-26/h7-8,11-13,25H,4-6,9-10H2,1-3H3,(H,23,24). The van der Waals surface area contributed by atoms with E-state index in [2.05, 4.69) is 14.9 Å². The van der Waals surface area contributed by atoms with E-state index in [4.69, 9.17) is 4.42 Å². The Bertz CT molecular complexity index is 1220. The normalized spacial score (nSPS) is 14.6. The van der Waals surface area contributed by atoms with Gasteiger partial charge in [0, 0.05) is 19.2 Å². The van der Waals surface area contributed by atoms with E-state index >= 15 is 0 Å². The number of aryl methyl sites for hydroxylation is 3. The minimum atomic E-state index is -3.88. The highest BCUT2D eigenvalue weighted by molar-refractivity contribution is 7.92. The average molecular weight is 443 g/mol. The number of hydrogen-bond donors (Lipinski definition) is 2. The third-order valence-corrected chi connectivity index (χ3v) is 7.02. The van der Waals surface area contributed by atoms with Crippen molar-refractivity contribution in [2.45, 2.75) is 44.9 Å². The summed E-state index contributed by atoms with van der Waals surface area (Å²) in [7, 11) is -3.88. The molecule has 0 bridgehead atoms. The van der Waals surface area contributed by atoms with Crippen LogP contribution in [-0.4, -0.2) is 42.5 Å². The Morgan fingerprint density at radius 3 is 2.58 bits per heavy atom. The predicted octanol–water partition coefficient (Wildman–Crippen LogP) is 4.02. The van der Waals surface area contributed by atoms with Crippen LogP contribution >= 0.6 is 0 Å². The smallest absolute Gasteiger partial charge is 0.265 e. The molecule has 9 heteroatoms. The second kappa shape index (κ2) is 8.22. The minimum absolute atomic E-state index is 0.0217. The molecule has 1 fully saturated rings. The fourth-order valence-electron chi connectivity index (χ4n) is 3.89. The third kappa shape index (κ3) is 4.23. The van der Waals surface area contributed by atoms with Crippen molar-refractivity contribution in [1.29, 1.82) is 0 Å². The van der Waals surface area contributed by atoms with Crippen LogP contribution in [0.5, 0.6) is 0 Å². The monoisotopic (exact) mass is 442 g/mol. The van der Waals surface area contributed by atoms with Crippen molar-refractivity contribution in [3.05, 3.63) is 52.9 Å². The lowest BCUT2D eigenvalue weighted by molar-refractivity contribution is 0.0725. The van der Waals surface area contributed by atoms with Gasteiger partial charge in [-0.1, -0.05) is 17.7 Å². The minimum Gasteiger partial charge on any atom is -0.458 e. The first-order chi connectivity index (χ1) is 14.8. The van der Waals surface area contributed by atoms with Gasteiger partial charge in [0.05, 0.1) is 17.4 Å². The number of aromatic amines is 1. The first-order valence-corrected chi connectivity index (χ1v) is 11.8. The number of furan rings is 1. The third-order valence-electron chi connectivity index (χ3n) is 5.55. The fraction of sp³-hybridized carbons (Fsp3) is 0.364. The number of piperidine rings is 1. The summed E-state index contributed by atoms with van der Waals surface area (Å²) in [4.78, 5) is 14.8. The molecule has 1 amide bonds. The molecule has 8 nitrogen and oxygen atoms in total.